The Morgan fingerprint density at radius 2 is 1.52 bits per heavy atom. The lowest BCUT2D eigenvalue weighted by molar-refractivity contribution is -0.137. The molecule has 0 radical (unpaired) electrons. The molecule has 0 bridgehead atoms. The van der Waals surface area contributed by atoms with Crippen molar-refractivity contribution in [1.29, 1.82) is 5.26 Å². The summed E-state index contributed by atoms with van der Waals surface area (Å²) in [4.78, 5) is 0. The fourth-order valence-electron chi connectivity index (χ4n) is 1.90. The second-order valence-electron chi connectivity index (χ2n) is 4.21. The predicted octanol–water partition coefficient (Wildman–Crippen LogP) is 5.34. The molecule has 0 N–H and O–H groups in total. The minimum Gasteiger partial charge on any atom is -0.192 e. The van der Waals surface area contributed by atoms with Gasteiger partial charge in [-0.1, -0.05) is 60.1 Å². The van der Waals surface area contributed by atoms with Crippen LogP contribution in [0.3, 0.4) is 0 Å². The van der Waals surface area contributed by atoms with Crippen molar-refractivity contribution in [3.8, 4) is 6.07 Å². The molecule has 0 aromatic heterocycles. The Bertz CT molecular complexity index is 712. The molecule has 5 heteroatoms. The van der Waals surface area contributed by atoms with E-state index in [1.54, 1.807) is 30.3 Å². The van der Waals surface area contributed by atoms with Crippen molar-refractivity contribution >= 4 is 22.2 Å². The first-order valence-electron chi connectivity index (χ1n) is 5.97. The summed E-state index contributed by atoms with van der Waals surface area (Å²) in [5.74, 6) is 0. The first-order chi connectivity index (χ1) is 9.95. The van der Waals surface area contributed by atoms with Crippen LogP contribution in [0.15, 0.2) is 54.6 Å². The summed E-state index contributed by atoms with van der Waals surface area (Å²) in [6, 6.07) is 15.2. The van der Waals surface area contributed by atoms with E-state index >= 15 is 0 Å². The minimum atomic E-state index is -4.53. The van der Waals surface area contributed by atoms with Crippen LogP contribution in [0, 0.1) is 11.3 Å². The molecule has 2 aromatic rings. The molecule has 1 nitrogen and oxygen atoms in total. The average molecular weight is 308 g/mol. The normalized spacial score (nSPS) is 12.5. The molecule has 0 amide bonds. The first kappa shape index (κ1) is 15.1. The van der Waals surface area contributed by atoms with E-state index in [9.17, 15) is 18.4 Å². The van der Waals surface area contributed by atoms with Gasteiger partial charge < -0.3 is 0 Å². The Labute approximate surface area is 124 Å². The number of halogens is 4. The van der Waals surface area contributed by atoms with Gasteiger partial charge in [0.2, 0.25) is 0 Å². The highest BCUT2D eigenvalue weighted by molar-refractivity contribution is 6.53. The summed E-state index contributed by atoms with van der Waals surface area (Å²) in [6.45, 7) is 0. The third kappa shape index (κ3) is 3.26. The van der Waals surface area contributed by atoms with Gasteiger partial charge in [0.1, 0.15) is 6.07 Å². The molecule has 2 aromatic carbocycles. The molecular weight excluding hydrogens is 299 g/mol. The number of benzene rings is 2. The van der Waals surface area contributed by atoms with E-state index in [2.05, 4.69) is 0 Å². The molecule has 0 saturated carbocycles. The van der Waals surface area contributed by atoms with Gasteiger partial charge in [0.25, 0.3) is 0 Å². The van der Waals surface area contributed by atoms with Crippen LogP contribution < -0.4 is 0 Å². The van der Waals surface area contributed by atoms with Crippen LogP contribution in [-0.4, -0.2) is 0 Å². The maximum Gasteiger partial charge on any atom is 0.417 e. The Morgan fingerprint density at radius 1 is 0.952 bits per heavy atom. The van der Waals surface area contributed by atoms with Gasteiger partial charge in [-0.3, -0.25) is 0 Å². The molecule has 2 rings (SSSR count). The van der Waals surface area contributed by atoms with E-state index in [1.165, 1.54) is 18.2 Å². The maximum atomic E-state index is 13.0. The molecule has 0 unspecified atom stereocenters. The van der Waals surface area contributed by atoms with Crippen LogP contribution >= 0.6 is 11.6 Å². The minimum absolute atomic E-state index is 0.00830. The lowest BCUT2D eigenvalue weighted by atomic mass is 10.00. The number of nitrogens with zero attached hydrogens (tertiary/aromatic N) is 1. The molecule has 0 fully saturated rings. The van der Waals surface area contributed by atoms with Gasteiger partial charge in [-0.2, -0.15) is 18.4 Å². The number of alkyl halides is 3. The molecule has 21 heavy (non-hydrogen) atoms. The van der Waals surface area contributed by atoms with Crippen molar-refractivity contribution in [3.63, 3.8) is 0 Å². The second-order valence-corrected chi connectivity index (χ2v) is 4.59. The zero-order valence-corrected chi connectivity index (χ0v) is 11.4. The molecule has 106 valence electrons. The lowest BCUT2D eigenvalue weighted by Gasteiger charge is -2.13. The molecular formula is C16H9ClF3N. The van der Waals surface area contributed by atoms with Gasteiger partial charge in [-0.15, -0.1) is 0 Å². The zero-order valence-electron chi connectivity index (χ0n) is 10.7. The highest BCUT2D eigenvalue weighted by atomic mass is 35.5. The SMILES string of the molecule is N#CC(=C(Cl)c1ccccc1C(F)(F)F)c1ccccc1. The van der Waals surface area contributed by atoms with E-state index in [4.69, 9.17) is 11.6 Å². The number of hydrogen-bond acceptors (Lipinski definition) is 1. The fraction of sp³-hybridized carbons (Fsp3) is 0.0625. The number of allylic oxidation sites excluding steroid dienone is 1. The van der Waals surface area contributed by atoms with E-state index in [-0.39, 0.29) is 16.2 Å². The van der Waals surface area contributed by atoms with Crippen molar-refractivity contribution in [3.05, 3.63) is 71.3 Å². The Balaban J connectivity index is 2.66. The Morgan fingerprint density at radius 3 is 2.10 bits per heavy atom. The molecule has 0 spiro atoms. The number of hydrogen-bond donors (Lipinski definition) is 0. The van der Waals surface area contributed by atoms with Crippen LogP contribution in [0.5, 0.6) is 0 Å². The first-order valence-corrected chi connectivity index (χ1v) is 6.35. The van der Waals surface area contributed by atoms with Gasteiger partial charge in [0.05, 0.1) is 16.2 Å². The van der Waals surface area contributed by atoms with Crippen LogP contribution in [-0.2, 0) is 6.18 Å². The van der Waals surface area contributed by atoms with Crippen molar-refractivity contribution in [2.45, 2.75) is 6.18 Å². The quantitative estimate of drug-likeness (QED) is 0.543. The van der Waals surface area contributed by atoms with E-state index in [0.29, 0.717) is 5.56 Å². The maximum absolute atomic E-state index is 13.0. The van der Waals surface area contributed by atoms with E-state index < -0.39 is 11.7 Å². The second kappa shape index (κ2) is 6.02. The standard InChI is InChI=1S/C16H9ClF3N/c17-15(13(10-21)11-6-2-1-3-7-11)12-8-4-5-9-14(12)16(18,19)20/h1-9H. The smallest absolute Gasteiger partial charge is 0.192 e. The van der Waals surface area contributed by atoms with Crippen LogP contribution in [0.1, 0.15) is 16.7 Å². The van der Waals surface area contributed by atoms with E-state index in [0.717, 1.165) is 6.07 Å². The molecule has 0 atom stereocenters. The Kier molecular flexibility index (Phi) is 4.35. The highest BCUT2D eigenvalue weighted by Gasteiger charge is 2.34. The van der Waals surface area contributed by atoms with Gasteiger partial charge in [0, 0.05) is 5.56 Å². The Hall–Kier alpha value is -2.25. The molecule has 0 aliphatic heterocycles. The monoisotopic (exact) mass is 307 g/mol. The largest absolute Gasteiger partial charge is 0.417 e. The van der Waals surface area contributed by atoms with Crippen molar-refractivity contribution in [2.75, 3.05) is 0 Å². The summed E-state index contributed by atoms with van der Waals surface area (Å²) in [5, 5.41) is 9.02. The highest BCUT2D eigenvalue weighted by Crippen LogP contribution is 2.38. The predicted molar refractivity (Wildman–Crippen MR) is 76.2 cm³/mol. The number of nitriles is 1. The van der Waals surface area contributed by atoms with Gasteiger partial charge in [-0.25, -0.2) is 0 Å². The summed E-state index contributed by atoms with van der Waals surface area (Å²) in [7, 11) is 0. The van der Waals surface area contributed by atoms with E-state index in [1.807, 2.05) is 6.07 Å². The van der Waals surface area contributed by atoms with Crippen molar-refractivity contribution in [2.24, 2.45) is 0 Å². The molecule has 0 aliphatic carbocycles. The molecule has 0 aliphatic rings. The van der Waals surface area contributed by atoms with Gasteiger partial charge in [0.15, 0.2) is 0 Å². The summed E-state index contributed by atoms with van der Waals surface area (Å²) in [5.41, 5.74) is -0.582. The summed E-state index contributed by atoms with van der Waals surface area (Å²) >= 11 is 6.08. The topological polar surface area (TPSA) is 23.8 Å². The van der Waals surface area contributed by atoms with Gasteiger partial charge in [-0.05, 0) is 11.6 Å². The summed E-state index contributed by atoms with van der Waals surface area (Å²) in [6.07, 6.45) is -4.53. The fourth-order valence-corrected chi connectivity index (χ4v) is 2.22. The number of rotatable bonds is 2. The third-order valence-electron chi connectivity index (χ3n) is 2.86. The van der Waals surface area contributed by atoms with Crippen LogP contribution in [0.4, 0.5) is 13.2 Å². The molecule has 0 saturated heterocycles. The van der Waals surface area contributed by atoms with Gasteiger partial charge >= 0.3 is 6.18 Å². The van der Waals surface area contributed by atoms with Crippen LogP contribution in [0.2, 0.25) is 0 Å². The molecule has 0 heterocycles. The summed E-state index contributed by atoms with van der Waals surface area (Å²) < 4.78 is 39.0. The zero-order chi connectivity index (χ0) is 15.5. The van der Waals surface area contributed by atoms with Crippen molar-refractivity contribution in [1.82, 2.24) is 0 Å². The third-order valence-corrected chi connectivity index (χ3v) is 3.26. The average Bonchev–Trinajstić information content (AvgIpc) is 2.48. The van der Waals surface area contributed by atoms with Crippen LogP contribution in [0.25, 0.3) is 10.6 Å². The lowest BCUT2D eigenvalue weighted by Crippen LogP contribution is -2.08. The van der Waals surface area contributed by atoms with Crippen molar-refractivity contribution < 1.29 is 13.2 Å².